The van der Waals surface area contributed by atoms with E-state index in [1.165, 1.54) is 12.8 Å². The van der Waals surface area contributed by atoms with Gasteiger partial charge in [0, 0.05) is 19.1 Å². The molecule has 3 fully saturated rings. The SMILES string of the molecule is CCN(CCN1C(=O)C2(CC2)NC1CC(C)C)C1CC1. The molecule has 20 heavy (non-hydrogen) atoms. The van der Waals surface area contributed by atoms with Crippen LogP contribution in [0.15, 0.2) is 0 Å². The minimum Gasteiger partial charge on any atom is -0.324 e. The van der Waals surface area contributed by atoms with E-state index in [2.05, 4.69) is 35.9 Å². The molecule has 4 nitrogen and oxygen atoms in total. The van der Waals surface area contributed by atoms with Crippen molar-refractivity contribution in [2.24, 2.45) is 5.92 Å². The van der Waals surface area contributed by atoms with Gasteiger partial charge in [-0.05, 0) is 44.6 Å². The highest BCUT2D eigenvalue weighted by Gasteiger charge is 2.58. The fourth-order valence-electron chi connectivity index (χ4n) is 3.52. The zero-order chi connectivity index (χ0) is 14.3. The molecule has 1 unspecified atom stereocenters. The van der Waals surface area contributed by atoms with Gasteiger partial charge in [0.15, 0.2) is 0 Å². The van der Waals surface area contributed by atoms with Gasteiger partial charge in [-0.25, -0.2) is 0 Å². The van der Waals surface area contributed by atoms with E-state index in [9.17, 15) is 4.79 Å². The number of rotatable bonds is 7. The molecule has 1 saturated heterocycles. The van der Waals surface area contributed by atoms with Gasteiger partial charge in [0.2, 0.25) is 5.91 Å². The summed E-state index contributed by atoms with van der Waals surface area (Å²) in [5, 5.41) is 3.62. The van der Waals surface area contributed by atoms with Crippen LogP contribution in [0.2, 0.25) is 0 Å². The Morgan fingerprint density at radius 1 is 1.40 bits per heavy atom. The first kappa shape index (κ1) is 14.3. The van der Waals surface area contributed by atoms with E-state index in [-0.39, 0.29) is 11.7 Å². The molecule has 1 aliphatic heterocycles. The molecule has 3 aliphatic rings. The number of carbonyl (C=O) groups is 1. The molecule has 0 radical (unpaired) electrons. The fourth-order valence-corrected chi connectivity index (χ4v) is 3.52. The minimum absolute atomic E-state index is 0.157. The van der Waals surface area contributed by atoms with Crippen molar-refractivity contribution in [1.29, 1.82) is 0 Å². The summed E-state index contributed by atoms with van der Waals surface area (Å²) in [4.78, 5) is 17.3. The number of amides is 1. The van der Waals surface area contributed by atoms with Crippen LogP contribution in [0, 0.1) is 5.92 Å². The number of carbonyl (C=O) groups excluding carboxylic acids is 1. The minimum atomic E-state index is -0.157. The van der Waals surface area contributed by atoms with Crippen molar-refractivity contribution in [3.8, 4) is 0 Å². The molecule has 1 heterocycles. The van der Waals surface area contributed by atoms with Crippen LogP contribution in [0.1, 0.15) is 52.9 Å². The van der Waals surface area contributed by atoms with Gasteiger partial charge in [-0.3, -0.25) is 15.0 Å². The van der Waals surface area contributed by atoms with Crippen LogP contribution in [0.25, 0.3) is 0 Å². The first-order valence-corrected chi connectivity index (χ1v) is 8.38. The molecule has 1 N–H and O–H groups in total. The number of nitrogens with zero attached hydrogens (tertiary/aromatic N) is 2. The average molecular weight is 279 g/mol. The normalized spacial score (nSPS) is 28.1. The number of nitrogens with one attached hydrogen (secondary N) is 1. The molecule has 1 atom stereocenters. The predicted molar refractivity (Wildman–Crippen MR) is 80.3 cm³/mol. The Bertz CT molecular complexity index is 374. The second-order valence-electron chi connectivity index (χ2n) is 7.23. The first-order valence-electron chi connectivity index (χ1n) is 8.38. The molecule has 4 heteroatoms. The van der Waals surface area contributed by atoms with E-state index < -0.39 is 0 Å². The highest BCUT2D eigenvalue weighted by atomic mass is 16.2. The van der Waals surface area contributed by atoms with E-state index in [0.29, 0.717) is 11.8 Å². The molecular weight excluding hydrogens is 250 g/mol. The zero-order valence-corrected chi connectivity index (χ0v) is 13.2. The van der Waals surface area contributed by atoms with Crippen LogP contribution in [0.3, 0.4) is 0 Å². The van der Waals surface area contributed by atoms with Crippen LogP contribution >= 0.6 is 0 Å². The number of hydrogen-bond acceptors (Lipinski definition) is 3. The molecule has 0 aromatic carbocycles. The maximum Gasteiger partial charge on any atom is 0.244 e. The lowest BCUT2D eigenvalue weighted by molar-refractivity contribution is -0.131. The third-order valence-corrected chi connectivity index (χ3v) is 5.03. The second-order valence-corrected chi connectivity index (χ2v) is 7.23. The van der Waals surface area contributed by atoms with Crippen LogP contribution in [0.4, 0.5) is 0 Å². The Hall–Kier alpha value is -0.610. The Morgan fingerprint density at radius 2 is 2.10 bits per heavy atom. The maximum atomic E-state index is 12.6. The van der Waals surface area contributed by atoms with E-state index in [4.69, 9.17) is 0 Å². The number of hydrogen-bond donors (Lipinski definition) is 1. The summed E-state index contributed by atoms with van der Waals surface area (Å²) in [7, 11) is 0. The van der Waals surface area contributed by atoms with E-state index in [1.54, 1.807) is 0 Å². The predicted octanol–water partition coefficient (Wildman–Crippen LogP) is 1.81. The second kappa shape index (κ2) is 5.30. The Morgan fingerprint density at radius 3 is 2.60 bits per heavy atom. The number of likely N-dealkylation sites (N-methyl/N-ethyl adjacent to an activating group) is 1. The molecule has 0 aromatic heterocycles. The van der Waals surface area contributed by atoms with Crippen LogP contribution < -0.4 is 5.32 Å². The lowest BCUT2D eigenvalue weighted by atomic mass is 10.1. The van der Waals surface area contributed by atoms with Crippen LogP contribution in [0.5, 0.6) is 0 Å². The van der Waals surface area contributed by atoms with Crippen molar-refractivity contribution in [3.05, 3.63) is 0 Å². The first-order chi connectivity index (χ1) is 9.55. The van der Waals surface area contributed by atoms with Crippen molar-refractivity contribution in [2.75, 3.05) is 19.6 Å². The van der Waals surface area contributed by atoms with E-state index in [1.807, 2.05) is 0 Å². The smallest absolute Gasteiger partial charge is 0.244 e. The summed E-state index contributed by atoms with van der Waals surface area (Å²) in [6, 6.07) is 0.795. The monoisotopic (exact) mass is 279 g/mol. The van der Waals surface area contributed by atoms with Crippen molar-refractivity contribution in [1.82, 2.24) is 15.1 Å². The average Bonchev–Trinajstić information content (AvgIpc) is 3.26. The van der Waals surface area contributed by atoms with Gasteiger partial charge < -0.3 is 4.90 Å². The van der Waals surface area contributed by atoms with Crippen molar-refractivity contribution >= 4 is 5.91 Å². The van der Waals surface area contributed by atoms with Gasteiger partial charge in [0.25, 0.3) is 0 Å². The molecular formula is C16H29N3O. The third-order valence-electron chi connectivity index (χ3n) is 5.03. The fraction of sp³-hybridized carbons (Fsp3) is 0.938. The van der Waals surface area contributed by atoms with Gasteiger partial charge in [0.05, 0.1) is 11.7 Å². The van der Waals surface area contributed by atoms with Crippen molar-refractivity contribution < 1.29 is 4.79 Å². The topological polar surface area (TPSA) is 35.6 Å². The summed E-state index contributed by atoms with van der Waals surface area (Å²) in [6.45, 7) is 9.76. The van der Waals surface area contributed by atoms with E-state index in [0.717, 1.165) is 44.9 Å². The lowest BCUT2D eigenvalue weighted by Crippen LogP contribution is -2.43. The molecule has 0 aromatic rings. The Balaban J connectivity index is 1.60. The van der Waals surface area contributed by atoms with Gasteiger partial charge in [0.1, 0.15) is 0 Å². The largest absolute Gasteiger partial charge is 0.324 e. The van der Waals surface area contributed by atoms with Crippen molar-refractivity contribution in [3.63, 3.8) is 0 Å². The highest BCUT2D eigenvalue weighted by Crippen LogP contribution is 2.43. The molecule has 0 bridgehead atoms. The van der Waals surface area contributed by atoms with Crippen LogP contribution in [-0.2, 0) is 4.79 Å². The molecule has 2 aliphatic carbocycles. The summed E-state index contributed by atoms with van der Waals surface area (Å²) in [5.41, 5.74) is -0.157. The summed E-state index contributed by atoms with van der Waals surface area (Å²) >= 11 is 0. The molecule has 1 amide bonds. The van der Waals surface area contributed by atoms with Gasteiger partial charge in [-0.2, -0.15) is 0 Å². The highest BCUT2D eigenvalue weighted by molar-refractivity contribution is 5.91. The quantitative estimate of drug-likeness (QED) is 0.772. The summed E-state index contributed by atoms with van der Waals surface area (Å²) < 4.78 is 0. The van der Waals surface area contributed by atoms with Crippen molar-refractivity contribution in [2.45, 2.75) is 70.6 Å². The third kappa shape index (κ3) is 2.73. The van der Waals surface area contributed by atoms with Gasteiger partial charge in [-0.15, -0.1) is 0 Å². The Labute approximate surface area is 122 Å². The maximum absolute atomic E-state index is 12.6. The van der Waals surface area contributed by atoms with Gasteiger partial charge >= 0.3 is 0 Å². The standard InChI is InChI=1S/C16H29N3O/c1-4-18(13-5-6-13)9-10-19-14(11-12(2)3)17-16(7-8-16)15(19)20/h12-14,17H,4-11H2,1-3H3. The van der Waals surface area contributed by atoms with Gasteiger partial charge in [-0.1, -0.05) is 20.8 Å². The molecule has 2 saturated carbocycles. The molecule has 114 valence electrons. The zero-order valence-electron chi connectivity index (χ0n) is 13.2. The molecule has 3 rings (SSSR count). The lowest BCUT2D eigenvalue weighted by Gasteiger charge is -2.29. The van der Waals surface area contributed by atoms with E-state index >= 15 is 0 Å². The Kier molecular flexibility index (Phi) is 3.80. The summed E-state index contributed by atoms with van der Waals surface area (Å²) in [6.07, 6.45) is 6.11. The summed E-state index contributed by atoms with van der Waals surface area (Å²) in [5.74, 6) is 0.998. The van der Waals surface area contributed by atoms with Crippen LogP contribution in [-0.4, -0.2) is 53.1 Å². The molecule has 1 spiro atoms.